The maximum atomic E-state index is 11.5. The quantitative estimate of drug-likeness (QED) is 0.773. The van der Waals surface area contributed by atoms with E-state index in [9.17, 15) is 4.79 Å². The van der Waals surface area contributed by atoms with Gasteiger partial charge in [0.1, 0.15) is 6.10 Å². The Bertz CT molecular complexity index is 451. The molecule has 0 amide bonds. The first kappa shape index (κ1) is 16.2. The van der Waals surface area contributed by atoms with E-state index in [-0.39, 0.29) is 11.1 Å². The Morgan fingerprint density at radius 1 is 1.14 bits per heavy atom. The predicted molar refractivity (Wildman–Crippen MR) is 84.9 cm³/mol. The maximum Gasteiger partial charge on any atom is 0.151 e. The normalized spacial score (nSPS) is 22.7. The van der Waals surface area contributed by atoms with Gasteiger partial charge in [-0.3, -0.25) is 4.84 Å². The molecular formula is C18H27NO2. The van der Waals surface area contributed by atoms with E-state index < -0.39 is 6.10 Å². The molecule has 1 heterocycles. The molecule has 1 unspecified atom stereocenters. The third-order valence-corrected chi connectivity index (χ3v) is 4.35. The fourth-order valence-corrected chi connectivity index (χ4v) is 3.35. The molecule has 1 aromatic rings. The van der Waals surface area contributed by atoms with E-state index >= 15 is 0 Å². The van der Waals surface area contributed by atoms with Crippen LogP contribution in [0.2, 0.25) is 0 Å². The van der Waals surface area contributed by atoms with Crippen molar-refractivity contribution in [3.63, 3.8) is 0 Å². The van der Waals surface area contributed by atoms with Gasteiger partial charge in [-0.25, -0.2) is 0 Å². The smallest absolute Gasteiger partial charge is 0.151 e. The fourth-order valence-electron chi connectivity index (χ4n) is 3.35. The van der Waals surface area contributed by atoms with Gasteiger partial charge in [-0.05, 0) is 52.5 Å². The minimum Gasteiger partial charge on any atom is -0.300 e. The third-order valence-electron chi connectivity index (χ3n) is 4.35. The van der Waals surface area contributed by atoms with Crippen molar-refractivity contribution in [3.8, 4) is 0 Å². The van der Waals surface area contributed by atoms with Crippen LogP contribution < -0.4 is 0 Å². The number of carbonyl (C=O) groups is 1. The number of aldehydes is 1. The Labute approximate surface area is 128 Å². The molecule has 0 radical (unpaired) electrons. The zero-order valence-electron chi connectivity index (χ0n) is 13.6. The molecular weight excluding hydrogens is 262 g/mol. The molecule has 1 fully saturated rings. The number of nitrogens with zero attached hydrogens (tertiary/aromatic N) is 1. The zero-order chi connectivity index (χ0) is 15.5. The van der Waals surface area contributed by atoms with Crippen molar-refractivity contribution in [1.82, 2.24) is 5.06 Å². The average Bonchev–Trinajstić information content (AvgIpc) is 2.42. The second-order valence-corrected chi connectivity index (χ2v) is 7.24. The summed E-state index contributed by atoms with van der Waals surface area (Å²) in [5, 5.41) is 2.06. The number of hydrogen-bond donors (Lipinski definition) is 0. The summed E-state index contributed by atoms with van der Waals surface area (Å²) < 4.78 is 0. The summed E-state index contributed by atoms with van der Waals surface area (Å²) in [6, 6.07) is 10.0. The molecule has 0 saturated carbocycles. The van der Waals surface area contributed by atoms with Crippen molar-refractivity contribution >= 4 is 6.29 Å². The molecule has 0 N–H and O–H groups in total. The molecule has 1 saturated heterocycles. The Kier molecular flexibility index (Phi) is 4.84. The van der Waals surface area contributed by atoms with Crippen LogP contribution >= 0.6 is 0 Å². The molecule has 0 aliphatic carbocycles. The summed E-state index contributed by atoms with van der Waals surface area (Å²) in [5.41, 5.74) is 1.04. The van der Waals surface area contributed by atoms with Crippen molar-refractivity contribution < 1.29 is 9.63 Å². The lowest BCUT2D eigenvalue weighted by Gasteiger charge is -2.52. The van der Waals surface area contributed by atoms with Crippen LogP contribution in [0, 0.1) is 0 Å². The van der Waals surface area contributed by atoms with E-state index in [2.05, 4.69) is 32.8 Å². The van der Waals surface area contributed by atoms with Crippen LogP contribution in [-0.4, -0.2) is 28.5 Å². The number of hydrogen-bond acceptors (Lipinski definition) is 3. The summed E-state index contributed by atoms with van der Waals surface area (Å²) in [5.74, 6) is 0. The maximum absolute atomic E-state index is 11.5. The van der Waals surface area contributed by atoms with Gasteiger partial charge in [0.05, 0.1) is 0 Å². The first-order valence-corrected chi connectivity index (χ1v) is 7.81. The van der Waals surface area contributed by atoms with E-state index in [0.29, 0.717) is 6.42 Å². The molecule has 116 valence electrons. The second-order valence-electron chi connectivity index (χ2n) is 7.24. The minimum absolute atomic E-state index is 0.0420. The summed E-state index contributed by atoms with van der Waals surface area (Å²) >= 11 is 0. The summed E-state index contributed by atoms with van der Waals surface area (Å²) in [4.78, 5) is 17.6. The predicted octanol–water partition coefficient (Wildman–Crippen LogP) is 3.77. The van der Waals surface area contributed by atoms with E-state index in [0.717, 1.165) is 24.7 Å². The van der Waals surface area contributed by atoms with Crippen LogP contribution in [0.25, 0.3) is 0 Å². The van der Waals surface area contributed by atoms with E-state index in [4.69, 9.17) is 4.84 Å². The van der Waals surface area contributed by atoms with Gasteiger partial charge < -0.3 is 4.79 Å². The van der Waals surface area contributed by atoms with Gasteiger partial charge in [0.2, 0.25) is 0 Å². The molecule has 3 heteroatoms. The van der Waals surface area contributed by atoms with Crippen LogP contribution in [-0.2, 0) is 16.1 Å². The van der Waals surface area contributed by atoms with Gasteiger partial charge in [-0.1, -0.05) is 30.3 Å². The van der Waals surface area contributed by atoms with Crippen LogP contribution in [0.4, 0.5) is 0 Å². The summed E-state index contributed by atoms with van der Waals surface area (Å²) in [6.45, 7) is 8.77. The topological polar surface area (TPSA) is 29.5 Å². The lowest BCUT2D eigenvalue weighted by atomic mass is 9.82. The lowest BCUT2D eigenvalue weighted by Crippen LogP contribution is -2.59. The van der Waals surface area contributed by atoms with Crippen molar-refractivity contribution in [3.05, 3.63) is 35.9 Å². The molecule has 0 spiro atoms. The zero-order valence-corrected chi connectivity index (χ0v) is 13.6. The third kappa shape index (κ3) is 3.92. The molecule has 3 nitrogen and oxygen atoms in total. The Morgan fingerprint density at radius 2 is 1.71 bits per heavy atom. The minimum atomic E-state index is -0.427. The van der Waals surface area contributed by atoms with Crippen molar-refractivity contribution in [1.29, 1.82) is 0 Å². The highest BCUT2D eigenvalue weighted by atomic mass is 16.7. The van der Waals surface area contributed by atoms with Gasteiger partial charge in [-0.2, -0.15) is 5.06 Å². The van der Waals surface area contributed by atoms with Crippen LogP contribution in [0.15, 0.2) is 30.3 Å². The largest absolute Gasteiger partial charge is 0.300 e. The van der Waals surface area contributed by atoms with Crippen LogP contribution in [0.1, 0.15) is 52.5 Å². The summed E-state index contributed by atoms with van der Waals surface area (Å²) in [6.07, 6.45) is 4.50. The molecule has 0 aromatic heterocycles. The Hall–Kier alpha value is -1.19. The molecule has 21 heavy (non-hydrogen) atoms. The number of benzene rings is 1. The molecule has 1 aliphatic heterocycles. The average molecular weight is 289 g/mol. The van der Waals surface area contributed by atoms with Gasteiger partial charge >= 0.3 is 0 Å². The highest BCUT2D eigenvalue weighted by molar-refractivity contribution is 5.56. The molecule has 2 rings (SSSR count). The SMILES string of the molecule is CC1(C)CCCC(C)(C)N1OC(C=O)Cc1ccccc1. The van der Waals surface area contributed by atoms with Crippen LogP contribution in [0.3, 0.4) is 0 Å². The standard InChI is InChI=1S/C18H27NO2/c1-17(2)11-8-12-18(3,4)19(17)21-16(14-20)13-15-9-6-5-7-10-15/h5-7,9-10,14,16H,8,11-13H2,1-4H3. The number of carbonyl (C=O) groups excluding carboxylic acids is 1. The first-order chi connectivity index (χ1) is 9.85. The fraction of sp³-hybridized carbons (Fsp3) is 0.611. The van der Waals surface area contributed by atoms with Crippen molar-refractivity contribution in [2.24, 2.45) is 0 Å². The highest BCUT2D eigenvalue weighted by Gasteiger charge is 2.43. The molecule has 1 aliphatic rings. The monoisotopic (exact) mass is 289 g/mol. The Balaban J connectivity index is 2.10. The van der Waals surface area contributed by atoms with Crippen LogP contribution in [0.5, 0.6) is 0 Å². The lowest BCUT2D eigenvalue weighted by molar-refractivity contribution is -0.296. The van der Waals surface area contributed by atoms with Crippen molar-refractivity contribution in [2.75, 3.05) is 0 Å². The first-order valence-electron chi connectivity index (χ1n) is 7.81. The number of piperidine rings is 1. The van der Waals surface area contributed by atoms with Crippen molar-refractivity contribution in [2.45, 2.75) is 70.6 Å². The van der Waals surface area contributed by atoms with Gasteiger partial charge in [-0.15, -0.1) is 0 Å². The molecule has 0 bridgehead atoms. The Morgan fingerprint density at radius 3 is 2.24 bits per heavy atom. The second kappa shape index (κ2) is 6.29. The van der Waals surface area contributed by atoms with Gasteiger partial charge in [0.25, 0.3) is 0 Å². The highest BCUT2D eigenvalue weighted by Crippen LogP contribution is 2.38. The van der Waals surface area contributed by atoms with E-state index in [1.54, 1.807) is 0 Å². The molecule has 1 atom stereocenters. The van der Waals surface area contributed by atoms with Gasteiger partial charge in [0.15, 0.2) is 6.29 Å². The van der Waals surface area contributed by atoms with E-state index in [1.165, 1.54) is 6.42 Å². The molecule has 1 aromatic carbocycles. The number of hydroxylamine groups is 2. The van der Waals surface area contributed by atoms with Gasteiger partial charge in [0, 0.05) is 17.5 Å². The van der Waals surface area contributed by atoms with E-state index in [1.807, 2.05) is 30.3 Å². The number of rotatable bonds is 5. The summed E-state index contributed by atoms with van der Waals surface area (Å²) in [7, 11) is 0.